The van der Waals surface area contributed by atoms with Crippen LogP contribution in [-0.4, -0.2) is 56.7 Å². The zero-order valence-electron chi connectivity index (χ0n) is 25.8. The molecule has 0 spiro atoms. The lowest BCUT2D eigenvalue weighted by Crippen LogP contribution is -2.52. The van der Waals surface area contributed by atoms with Crippen LogP contribution in [0.2, 0.25) is 18.1 Å². The Balaban J connectivity index is 1.94. The van der Waals surface area contributed by atoms with E-state index in [0.29, 0.717) is 6.42 Å². The van der Waals surface area contributed by atoms with Crippen molar-refractivity contribution < 1.29 is 28.2 Å². The fraction of sp³-hybridized carbons (Fsp3) is 0.727. The lowest BCUT2D eigenvalue weighted by Gasteiger charge is -2.41. The van der Waals surface area contributed by atoms with E-state index in [0.717, 1.165) is 43.8 Å². The highest BCUT2D eigenvalue weighted by molar-refractivity contribution is 6.73. The van der Waals surface area contributed by atoms with Gasteiger partial charge in [-0.25, -0.2) is 0 Å². The number of allylic oxidation sites excluding steroid dienone is 3. The van der Waals surface area contributed by atoms with Gasteiger partial charge in [-0.15, -0.1) is 12.3 Å². The molecule has 0 aromatic heterocycles. The van der Waals surface area contributed by atoms with Crippen molar-refractivity contribution in [3.8, 4) is 12.3 Å². The Morgan fingerprint density at radius 2 is 1.70 bits per heavy atom. The van der Waals surface area contributed by atoms with E-state index in [9.17, 15) is 4.79 Å². The normalized spacial score (nSPS) is 36.4. The third-order valence-electron chi connectivity index (χ3n) is 8.73. The number of ether oxygens (including phenoxy) is 4. The molecular formula is C33H52O6Si. The number of carbonyl (C=O) groups excluding carboxylic acids is 1. The van der Waals surface area contributed by atoms with Gasteiger partial charge in [-0.05, 0) is 64.6 Å². The zero-order valence-corrected chi connectivity index (χ0v) is 26.8. The summed E-state index contributed by atoms with van der Waals surface area (Å²) in [7, 11) is -2.04. The molecule has 0 saturated carbocycles. The number of rotatable bonds is 7. The van der Waals surface area contributed by atoms with Crippen LogP contribution in [0.15, 0.2) is 36.5 Å². The maximum atomic E-state index is 13.4. The first kappa shape index (κ1) is 32.8. The SMILES string of the molecule is C#CC[C@@H](C)[C@H]1OC(=O)[C@@H](C)/C=C/C=C/[C@H]2OC(C)(C)O[C@@H]2/C=C/CC[C@H]2CC[C@H](O2)[C@H]1O[Si](CC)(CC)CC. The summed E-state index contributed by atoms with van der Waals surface area (Å²) in [6, 6.07) is 3.04. The number of esters is 1. The van der Waals surface area contributed by atoms with Crippen molar-refractivity contribution in [1.82, 2.24) is 0 Å². The number of fused-ring (bicyclic) bond motifs is 3. The number of cyclic esters (lactones) is 1. The summed E-state index contributed by atoms with van der Waals surface area (Å²) in [6.45, 7) is 14.5. The average Bonchev–Trinajstić information content (AvgIpc) is 3.51. The number of terminal acetylenes is 1. The highest BCUT2D eigenvalue weighted by Gasteiger charge is 2.45. The van der Waals surface area contributed by atoms with Crippen molar-refractivity contribution in [1.29, 1.82) is 0 Å². The van der Waals surface area contributed by atoms with E-state index in [1.165, 1.54) is 0 Å². The first-order valence-corrected chi connectivity index (χ1v) is 17.9. The molecule has 7 heteroatoms. The average molecular weight is 573 g/mol. The van der Waals surface area contributed by atoms with E-state index in [1.54, 1.807) is 0 Å². The summed E-state index contributed by atoms with van der Waals surface area (Å²) in [6.07, 6.45) is 20.7. The largest absolute Gasteiger partial charge is 0.459 e. The Morgan fingerprint density at radius 3 is 2.35 bits per heavy atom. The molecule has 2 bridgehead atoms. The Morgan fingerprint density at radius 1 is 1.05 bits per heavy atom. The molecule has 0 amide bonds. The van der Waals surface area contributed by atoms with Gasteiger partial charge in [0.1, 0.15) is 24.4 Å². The predicted octanol–water partition coefficient (Wildman–Crippen LogP) is 7.11. The summed E-state index contributed by atoms with van der Waals surface area (Å²) in [5.74, 6) is 1.37. The van der Waals surface area contributed by atoms with E-state index < -0.39 is 26.1 Å². The molecule has 2 fully saturated rings. The molecule has 3 rings (SSSR count). The quantitative estimate of drug-likeness (QED) is 0.140. The summed E-state index contributed by atoms with van der Waals surface area (Å²) < 4.78 is 32.3. The summed E-state index contributed by atoms with van der Waals surface area (Å²) in [5, 5.41) is 0. The van der Waals surface area contributed by atoms with Crippen LogP contribution in [-0.2, 0) is 28.2 Å². The van der Waals surface area contributed by atoms with E-state index in [2.05, 4.69) is 45.8 Å². The van der Waals surface area contributed by atoms with Crippen LogP contribution >= 0.6 is 0 Å². The van der Waals surface area contributed by atoms with Crippen molar-refractivity contribution >= 4 is 14.3 Å². The lowest BCUT2D eigenvalue weighted by molar-refractivity contribution is -0.168. The standard InChI is InChI=1S/C33H52O6Si/c1-9-17-24(5)30-31(39-40(10-2,11-3)12-4)29-23-22-26(35-29)19-14-16-21-28-27(37-33(7,8)38-28)20-15-13-18-25(6)32(34)36-30/h1,13,15-16,18,20-21,24-31H,10-12,14,17,19,22-23H2,2-8H3/b18-13+,20-15+,21-16+/t24-,25+,26+,27-,28-,29+,30-,31-/m1/s1. The summed E-state index contributed by atoms with van der Waals surface area (Å²) in [5.41, 5.74) is 0. The first-order chi connectivity index (χ1) is 19.1. The van der Waals surface area contributed by atoms with Gasteiger partial charge in [-0.1, -0.05) is 64.2 Å². The van der Waals surface area contributed by atoms with Crippen molar-refractivity contribution in [2.45, 2.75) is 141 Å². The van der Waals surface area contributed by atoms with Gasteiger partial charge in [-0.2, -0.15) is 0 Å². The van der Waals surface area contributed by atoms with Crippen molar-refractivity contribution in [3.63, 3.8) is 0 Å². The monoisotopic (exact) mass is 572 g/mol. The van der Waals surface area contributed by atoms with E-state index in [1.807, 2.05) is 45.1 Å². The lowest BCUT2D eigenvalue weighted by atomic mass is 9.92. The molecule has 224 valence electrons. The number of hydrogen-bond acceptors (Lipinski definition) is 6. The van der Waals surface area contributed by atoms with Crippen LogP contribution in [0.3, 0.4) is 0 Å². The molecule has 0 N–H and O–H groups in total. The van der Waals surface area contributed by atoms with Crippen LogP contribution in [0.5, 0.6) is 0 Å². The molecule has 0 aromatic rings. The topological polar surface area (TPSA) is 63.2 Å². The molecule has 2 saturated heterocycles. The van der Waals surface area contributed by atoms with Gasteiger partial charge in [-0.3, -0.25) is 4.79 Å². The van der Waals surface area contributed by atoms with Crippen molar-refractivity contribution in [2.24, 2.45) is 11.8 Å². The van der Waals surface area contributed by atoms with Crippen LogP contribution in [0, 0.1) is 24.2 Å². The fourth-order valence-corrected chi connectivity index (χ4v) is 8.85. The van der Waals surface area contributed by atoms with Crippen LogP contribution in [0.4, 0.5) is 0 Å². The van der Waals surface area contributed by atoms with Crippen LogP contribution in [0.25, 0.3) is 0 Å². The van der Waals surface area contributed by atoms with Gasteiger partial charge in [0, 0.05) is 12.3 Å². The highest BCUT2D eigenvalue weighted by atomic mass is 28.4. The minimum Gasteiger partial charge on any atom is -0.459 e. The molecule has 40 heavy (non-hydrogen) atoms. The summed E-state index contributed by atoms with van der Waals surface area (Å²) in [4.78, 5) is 13.4. The molecule has 3 heterocycles. The minimum absolute atomic E-state index is 0.0525. The van der Waals surface area contributed by atoms with Gasteiger partial charge in [0.05, 0.1) is 18.1 Å². The van der Waals surface area contributed by atoms with Gasteiger partial charge >= 0.3 is 5.97 Å². The first-order valence-electron chi connectivity index (χ1n) is 15.4. The van der Waals surface area contributed by atoms with Gasteiger partial charge < -0.3 is 23.4 Å². The zero-order chi connectivity index (χ0) is 29.3. The Kier molecular flexibility index (Phi) is 12.3. The fourth-order valence-electron chi connectivity index (χ4n) is 5.99. The molecule has 3 aliphatic rings. The minimum atomic E-state index is -2.04. The smallest absolute Gasteiger partial charge is 0.312 e. The van der Waals surface area contributed by atoms with E-state index in [4.69, 9.17) is 29.8 Å². The van der Waals surface area contributed by atoms with Crippen LogP contribution < -0.4 is 0 Å². The van der Waals surface area contributed by atoms with E-state index in [-0.39, 0.29) is 42.4 Å². The molecule has 6 nitrogen and oxygen atoms in total. The Hall–Kier alpha value is -1.69. The van der Waals surface area contributed by atoms with Crippen molar-refractivity contribution in [3.05, 3.63) is 36.5 Å². The third-order valence-corrected chi connectivity index (χ3v) is 13.4. The molecular weight excluding hydrogens is 520 g/mol. The maximum Gasteiger partial charge on any atom is 0.312 e. The molecule has 0 radical (unpaired) electrons. The van der Waals surface area contributed by atoms with E-state index >= 15 is 0 Å². The van der Waals surface area contributed by atoms with Crippen molar-refractivity contribution in [2.75, 3.05) is 0 Å². The maximum absolute atomic E-state index is 13.4. The second-order valence-electron chi connectivity index (χ2n) is 12.1. The van der Waals surface area contributed by atoms with Gasteiger partial charge in [0.2, 0.25) is 0 Å². The molecule has 0 aromatic carbocycles. The highest BCUT2D eigenvalue weighted by Crippen LogP contribution is 2.36. The predicted molar refractivity (Wildman–Crippen MR) is 162 cm³/mol. The molecule has 8 atom stereocenters. The molecule has 3 aliphatic heterocycles. The summed E-state index contributed by atoms with van der Waals surface area (Å²) >= 11 is 0. The third kappa shape index (κ3) is 8.66. The second-order valence-corrected chi connectivity index (χ2v) is 16.8. The Labute approximate surface area is 244 Å². The second kappa shape index (κ2) is 15.0. The Bertz CT molecular complexity index is 937. The van der Waals surface area contributed by atoms with Gasteiger partial charge in [0.15, 0.2) is 14.1 Å². The molecule has 0 aliphatic carbocycles. The molecule has 0 unspecified atom stereocenters. The van der Waals surface area contributed by atoms with Crippen LogP contribution in [0.1, 0.15) is 80.6 Å². The van der Waals surface area contributed by atoms with Gasteiger partial charge in [0.25, 0.3) is 0 Å². The number of carbonyl (C=O) groups is 1. The number of hydrogen-bond donors (Lipinski definition) is 0.